The summed E-state index contributed by atoms with van der Waals surface area (Å²) in [7, 11) is -2.02. The third-order valence-electron chi connectivity index (χ3n) is 6.07. The standard InChI is InChI=1S/C21H30O5Si/c1-5-27(6-2,7-3)26-17-13-12-16(20(22)23)19(21(24)25)18(17)15-11-9-8-10-14(15)4/h8-11,13,16,18-19H,5-7,12H2,1-4H3,(H,22,23)(H,24,25)/t16-,18?,19+/m1/s1. The molecular formula is C21H30O5Si. The van der Waals surface area contributed by atoms with E-state index in [4.69, 9.17) is 4.43 Å². The molecule has 1 aromatic carbocycles. The molecule has 2 rings (SSSR count). The van der Waals surface area contributed by atoms with Gasteiger partial charge in [-0.1, -0.05) is 45.0 Å². The van der Waals surface area contributed by atoms with Crippen LogP contribution in [0, 0.1) is 18.8 Å². The second kappa shape index (κ2) is 8.74. The Morgan fingerprint density at radius 2 is 1.67 bits per heavy atom. The van der Waals surface area contributed by atoms with Gasteiger partial charge in [-0.3, -0.25) is 9.59 Å². The Kier molecular flexibility index (Phi) is 6.87. The molecule has 0 amide bonds. The van der Waals surface area contributed by atoms with Crippen LogP contribution in [0.4, 0.5) is 0 Å². The van der Waals surface area contributed by atoms with Crippen molar-refractivity contribution in [2.75, 3.05) is 0 Å². The zero-order valence-corrected chi connectivity index (χ0v) is 17.6. The number of aryl methyl sites for hydroxylation is 1. The zero-order valence-electron chi connectivity index (χ0n) is 16.6. The molecule has 3 atom stereocenters. The number of aliphatic carboxylic acids is 2. The predicted molar refractivity (Wildman–Crippen MR) is 107 cm³/mol. The van der Waals surface area contributed by atoms with Gasteiger partial charge >= 0.3 is 11.9 Å². The number of rotatable bonds is 8. The van der Waals surface area contributed by atoms with Gasteiger partial charge in [0.25, 0.3) is 0 Å². The van der Waals surface area contributed by atoms with Gasteiger partial charge < -0.3 is 14.6 Å². The molecular weight excluding hydrogens is 360 g/mol. The molecule has 1 aliphatic rings. The first-order valence-electron chi connectivity index (χ1n) is 9.70. The summed E-state index contributed by atoms with van der Waals surface area (Å²) < 4.78 is 6.60. The number of hydrogen-bond acceptors (Lipinski definition) is 3. The maximum atomic E-state index is 12.1. The lowest BCUT2D eigenvalue weighted by atomic mass is 9.71. The van der Waals surface area contributed by atoms with Crippen LogP contribution in [-0.4, -0.2) is 30.5 Å². The highest BCUT2D eigenvalue weighted by Gasteiger charge is 2.47. The van der Waals surface area contributed by atoms with Crippen LogP contribution in [0.25, 0.3) is 0 Å². The van der Waals surface area contributed by atoms with E-state index >= 15 is 0 Å². The molecule has 2 N–H and O–H groups in total. The molecule has 0 heterocycles. The van der Waals surface area contributed by atoms with Gasteiger partial charge in [-0.05, 0) is 48.7 Å². The van der Waals surface area contributed by atoms with Crippen molar-refractivity contribution in [1.82, 2.24) is 0 Å². The van der Waals surface area contributed by atoms with E-state index in [2.05, 4.69) is 20.8 Å². The third-order valence-corrected chi connectivity index (χ3v) is 10.6. The van der Waals surface area contributed by atoms with Crippen LogP contribution < -0.4 is 0 Å². The highest BCUT2D eigenvalue weighted by Crippen LogP contribution is 2.45. The van der Waals surface area contributed by atoms with Crippen molar-refractivity contribution in [2.24, 2.45) is 11.8 Å². The average molecular weight is 391 g/mol. The fourth-order valence-corrected chi connectivity index (χ4v) is 6.74. The molecule has 0 radical (unpaired) electrons. The first kappa shape index (κ1) is 21.2. The van der Waals surface area contributed by atoms with Gasteiger partial charge in [0.15, 0.2) is 0 Å². The fraction of sp³-hybridized carbons (Fsp3) is 0.524. The van der Waals surface area contributed by atoms with Gasteiger partial charge in [-0.25, -0.2) is 0 Å². The molecule has 0 bridgehead atoms. The Labute approximate surface area is 162 Å². The number of allylic oxidation sites excluding steroid dienone is 2. The second-order valence-electron chi connectivity index (χ2n) is 7.33. The first-order chi connectivity index (χ1) is 12.8. The maximum absolute atomic E-state index is 12.1. The summed E-state index contributed by atoms with van der Waals surface area (Å²) in [6, 6.07) is 10.4. The molecule has 0 saturated carbocycles. The lowest BCUT2D eigenvalue weighted by Crippen LogP contribution is -2.42. The summed E-state index contributed by atoms with van der Waals surface area (Å²) in [6.07, 6.45) is 2.02. The number of benzene rings is 1. The van der Waals surface area contributed by atoms with Gasteiger partial charge in [-0.15, -0.1) is 0 Å². The Morgan fingerprint density at radius 3 is 2.15 bits per heavy atom. The largest absolute Gasteiger partial charge is 0.546 e. The Hall–Kier alpha value is -2.08. The van der Waals surface area contributed by atoms with Gasteiger partial charge in [0.2, 0.25) is 8.32 Å². The van der Waals surface area contributed by atoms with Crippen LogP contribution in [0.1, 0.15) is 44.2 Å². The molecule has 148 valence electrons. The van der Waals surface area contributed by atoms with Gasteiger partial charge in [0.05, 0.1) is 23.5 Å². The molecule has 0 fully saturated rings. The van der Waals surface area contributed by atoms with Gasteiger partial charge in [0.1, 0.15) is 0 Å². The quantitative estimate of drug-likeness (QED) is 0.624. The molecule has 1 aliphatic carbocycles. The van der Waals surface area contributed by atoms with Crippen LogP contribution >= 0.6 is 0 Å². The third kappa shape index (κ3) is 4.26. The summed E-state index contributed by atoms with van der Waals surface area (Å²) in [5.41, 5.74) is 1.79. The average Bonchev–Trinajstić information content (AvgIpc) is 2.66. The van der Waals surface area contributed by atoms with Crippen LogP contribution in [-0.2, 0) is 14.0 Å². The lowest BCUT2D eigenvalue weighted by molar-refractivity contribution is -0.155. The fourth-order valence-electron chi connectivity index (χ4n) is 4.10. The molecule has 0 spiro atoms. The summed E-state index contributed by atoms with van der Waals surface area (Å²) in [5.74, 6) is -4.06. The predicted octanol–water partition coefficient (Wildman–Crippen LogP) is 4.79. The summed E-state index contributed by atoms with van der Waals surface area (Å²) in [4.78, 5) is 23.9. The van der Waals surface area contributed by atoms with E-state index in [0.717, 1.165) is 29.3 Å². The summed E-state index contributed by atoms with van der Waals surface area (Å²) in [5, 5.41) is 19.6. The highest BCUT2D eigenvalue weighted by molar-refractivity contribution is 6.73. The number of carboxylic acids is 2. The molecule has 0 aliphatic heterocycles. The second-order valence-corrected chi connectivity index (χ2v) is 12.0. The van der Waals surface area contributed by atoms with E-state index in [9.17, 15) is 19.8 Å². The van der Waals surface area contributed by atoms with Crippen molar-refractivity contribution < 1.29 is 24.2 Å². The van der Waals surface area contributed by atoms with Crippen molar-refractivity contribution in [1.29, 1.82) is 0 Å². The minimum absolute atomic E-state index is 0.186. The van der Waals surface area contributed by atoms with Crippen LogP contribution in [0.2, 0.25) is 18.1 Å². The molecule has 5 nitrogen and oxygen atoms in total. The molecule has 0 saturated heterocycles. The molecule has 1 unspecified atom stereocenters. The Morgan fingerprint density at radius 1 is 1.07 bits per heavy atom. The van der Waals surface area contributed by atoms with Crippen molar-refractivity contribution in [3.63, 3.8) is 0 Å². The van der Waals surface area contributed by atoms with Crippen molar-refractivity contribution in [3.05, 3.63) is 47.2 Å². The van der Waals surface area contributed by atoms with Gasteiger partial charge in [-0.2, -0.15) is 0 Å². The van der Waals surface area contributed by atoms with E-state index in [0.29, 0.717) is 5.76 Å². The van der Waals surface area contributed by atoms with Gasteiger partial charge in [0, 0.05) is 0 Å². The van der Waals surface area contributed by atoms with Crippen molar-refractivity contribution in [2.45, 2.75) is 58.2 Å². The topological polar surface area (TPSA) is 83.8 Å². The highest BCUT2D eigenvalue weighted by atomic mass is 28.4. The lowest BCUT2D eigenvalue weighted by Gasteiger charge is -2.39. The van der Waals surface area contributed by atoms with E-state index in [1.165, 1.54) is 0 Å². The minimum Gasteiger partial charge on any atom is -0.546 e. The zero-order chi connectivity index (χ0) is 20.2. The van der Waals surface area contributed by atoms with Crippen molar-refractivity contribution >= 4 is 20.3 Å². The number of hydrogen-bond donors (Lipinski definition) is 2. The minimum atomic E-state index is -2.02. The van der Waals surface area contributed by atoms with Crippen LogP contribution in [0.5, 0.6) is 0 Å². The van der Waals surface area contributed by atoms with Crippen molar-refractivity contribution in [3.8, 4) is 0 Å². The Balaban J connectivity index is 2.60. The normalized spacial score (nSPS) is 22.8. The van der Waals surface area contributed by atoms with E-state index in [-0.39, 0.29) is 6.42 Å². The summed E-state index contributed by atoms with van der Waals surface area (Å²) in [6.45, 7) is 8.31. The monoisotopic (exact) mass is 390 g/mol. The number of carbonyl (C=O) groups is 2. The molecule has 6 heteroatoms. The molecule has 1 aromatic rings. The Bertz CT molecular complexity index is 715. The number of carboxylic acid groups (broad SMARTS) is 2. The molecule has 27 heavy (non-hydrogen) atoms. The van der Waals surface area contributed by atoms with E-state index in [1.54, 1.807) is 0 Å². The van der Waals surface area contributed by atoms with Crippen LogP contribution in [0.3, 0.4) is 0 Å². The molecule has 0 aromatic heterocycles. The van der Waals surface area contributed by atoms with E-state index in [1.807, 2.05) is 37.3 Å². The maximum Gasteiger partial charge on any atom is 0.308 e. The smallest absolute Gasteiger partial charge is 0.308 e. The van der Waals surface area contributed by atoms with Crippen LogP contribution in [0.15, 0.2) is 36.1 Å². The summed E-state index contributed by atoms with van der Waals surface area (Å²) >= 11 is 0. The first-order valence-corrected chi connectivity index (χ1v) is 12.2. The van der Waals surface area contributed by atoms with E-state index < -0.39 is 38.0 Å². The SMILES string of the molecule is CC[Si](CC)(CC)OC1=CC[C@@H](C(=O)O)[C@H](C(=O)O)C1c1ccccc1C.